The third-order valence-electron chi connectivity index (χ3n) is 4.01. The van der Waals surface area contributed by atoms with Gasteiger partial charge < -0.3 is 5.21 Å². The molecule has 2 nitrogen and oxygen atoms in total. The molecule has 1 heterocycles. The van der Waals surface area contributed by atoms with E-state index in [1.165, 1.54) is 6.20 Å². The third-order valence-corrected chi connectivity index (χ3v) is 4.01. The molecule has 1 aromatic heterocycles. The highest BCUT2D eigenvalue weighted by molar-refractivity contribution is 5.28. The van der Waals surface area contributed by atoms with E-state index in [9.17, 15) is 14.0 Å². The van der Waals surface area contributed by atoms with Crippen LogP contribution in [-0.4, -0.2) is 0 Å². The molecule has 0 spiro atoms. The Bertz CT molecular complexity index is 642. The average Bonchev–Trinajstić information content (AvgIpc) is 2.65. The van der Waals surface area contributed by atoms with Crippen molar-refractivity contribution >= 4 is 0 Å². The highest BCUT2D eigenvalue weighted by atomic mass is 19.2. The van der Waals surface area contributed by atoms with Gasteiger partial charge in [0, 0.05) is 18.1 Å². The molecule has 0 N–H and O–H groups in total. The molecule has 1 aliphatic carbocycles. The van der Waals surface area contributed by atoms with Crippen molar-refractivity contribution in [2.24, 2.45) is 0 Å². The molecule has 0 aliphatic heterocycles. The summed E-state index contributed by atoms with van der Waals surface area (Å²) >= 11 is 0. The molecule has 0 radical (unpaired) electrons. The van der Waals surface area contributed by atoms with Crippen LogP contribution in [0.4, 0.5) is 8.78 Å². The van der Waals surface area contributed by atoms with Gasteiger partial charge in [0.25, 0.3) is 0 Å². The number of rotatable bonds is 1. The number of hydrogen-bond acceptors (Lipinski definition) is 1. The number of aromatic nitrogens is 1. The van der Waals surface area contributed by atoms with E-state index in [0.29, 0.717) is 18.4 Å². The second-order valence-corrected chi connectivity index (χ2v) is 5.24. The molecule has 20 heavy (non-hydrogen) atoms. The summed E-state index contributed by atoms with van der Waals surface area (Å²) in [6.07, 6.45) is 4.32. The molecular formula is C16H15F2NO. The van der Waals surface area contributed by atoms with Crippen molar-refractivity contribution in [1.29, 1.82) is 0 Å². The highest BCUT2D eigenvalue weighted by Gasteiger charge is 2.25. The number of nitrogens with zero attached hydrogens (tertiary/aromatic N) is 1. The fraction of sp³-hybridized carbons (Fsp3) is 0.312. The first-order valence-electron chi connectivity index (χ1n) is 6.80. The number of fused-ring (bicyclic) bond motifs is 1. The molecule has 104 valence electrons. The Morgan fingerprint density at radius 3 is 2.85 bits per heavy atom. The van der Waals surface area contributed by atoms with Crippen molar-refractivity contribution < 1.29 is 13.5 Å². The first-order valence-corrected chi connectivity index (χ1v) is 6.80. The van der Waals surface area contributed by atoms with Crippen LogP contribution in [0.5, 0.6) is 0 Å². The van der Waals surface area contributed by atoms with Crippen LogP contribution in [0.3, 0.4) is 0 Å². The molecule has 1 aromatic carbocycles. The molecule has 0 saturated carbocycles. The van der Waals surface area contributed by atoms with Crippen molar-refractivity contribution in [3.05, 3.63) is 70.2 Å². The van der Waals surface area contributed by atoms with Gasteiger partial charge in [0.15, 0.2) is 23.5 Å². The van der Waals surface area contributed by atoms with Gasteiger partial charge in [0.05, 0.1) is 0 Å². The summed E-state index contributed by atoms with van der Waals surface area (Å²) in [6.45, 7) is 0. The smallest absolute Gasteiger partial charge is 0.195 e. The summed E-state index contributed by atoms with van der Waals surface area (Å²) in [5.74, 6) is -1.64. The Labute approximate surface area is 116 Å². The largest absolute Gasteiger partial charge is 0.618 e. The minimum absolute atomic E-state index is 0.0747. The lowest BCUT2D eigenvalue weighted by Crippen LogP contribution is -2.32. The van der Waals surface area contributed by atoms with Gasteiger partial charge >= 0.3 is 0 Å². The molecule has 0 bridgehead atoms. The molecule has 0 saturated heterocycles. The molecule has 3 rings (SSSR count). The van der Waals surface area contributed by atoms with Gasteiger partial charge in [-0.05, 0) is 42.9 Å². The quantitative estimate of drug-likeness (QED) is 0.446. The van der Waals surface area contributed by atoms with Crippen molar-refractivity contribution in [3.63, 3.8) is 0 Å². The topological polar surface area (TPSA) is 26.9 Å². The van der Waals surface area contributed by atoms with E-state index in [1.807, 2.05) is 6.07 Å². The molecule has 4 heteroatoms. The molecule has 1 aliphatic rings. The third kappa shape index (κ3) is 2.26. The van der Waals surface area contributed by atoms with Gasteiger partial charge in [0.2, 0.25) is 0 Å². The lowest BCUT2D eigenvalue weighted by Gasteiger charge is -2.16. The Balaban J connectivity index is 1.99. The van der Waals surface area contributed by atoms with Crippen molar-refractivity contribution in [3.8, 4) is 0 Å². The van der Waals surface area contributed by atoms with Crippen LogP contribution in [-0.2, 0) is 12.8 Å². The Hall–Kier alpha value is -1.97. The lowest BCUT2D eigenvalue weighted by molar-refractivity contribution is -0.614. The summed E-state index contributed by atoms with van der Waals surface area (Å²) < 4.78 is 28.2. The van der Waals surface area contributed by atoms with E-state index >= 15 is 0 Å². The van der Waals surface area contributed by atoms with Crippen molar-refractivity contribution in [2.45, 2.75) is 31.6 Å². The number of halogens is 2. The minimum atomic E-state index is -0.807. The summed E-state index contributed by atoms with van der Waals surface area (Å²) in [4.78, 5) is 0. The van der Waals surface area contributed by atoms with E-state index in [2.05, 4.69) is 0 Å². The average molecular weight is 275 g/mol. The molecular weight excluding hydrogens is 260 g/mol. The van der Waals surface area contributed by atoms with E-state index in [-0.39, 0.29) is 5.92 Å². The monoisotopic (exact) mass is 275 g/mol. The van der Waals surface area contributed by atoms with Crippen LogP contribution in [0.25, 0.3) is 0 Å². The van der Waals surface area contributed by atoms with Crippen LogP contribution >= 0.6 is 0 Å². The molecule has 0 amide bonds. The van der Waals surface area contributed by atoms with Crippen molar-refractivity contribution in [2.75, 3.05) is 0 Å². The first kappa shape index (κ1) is 13.0. The first-order chi connectivity index (χ1) is 9.66. The number of pyridine rings is 1. The summed E-state index contributed by atoms with van der Waals surface area (Å²) in [7, 11) is 0. The van der Waals surface area contributed by atoms with Crippen LogP contribution in [0.1, 0.15) is 35.6 Å². The van der Waals surface area contributed by atoms with Gasteiger partial charge in [-0.3, -0.25) is 0 Å². The van der Waals surface area contributed by atoms with Gasteiger partial charge in [-0.15, -0.1) is 0 Å². The Kier molecular flexibility index (Phi) is 3.38. The van der Waals surface area contributed by atoms with Gasteiger partial charge in [-0.2, -0.15) is 4.73 Å². The standard InChI is InChI=1S/C16H15F2NO/c17-14-7-2-6-13(16(14)18)11-4-1-8-15-12(10-11)5-3-9-19(15)20/h2-3,5-7,9,11H,1,4,8,10H2. The van der Waals surface area contributed by atoms with Crippen molar-refractivity contribution in [1.82, 2.24) is 0 Å². The summed E-state index contributed by atoms with van der Waals surface area (Å²) in [5.41, 5.74) is 2.11. The Morgan fingerprint density at radius 2 is 2.00 bits per heavy atom. The van der Waals surface area contributed by atoms with Crippen LogP contribution in [0.2, 0.25) is 0 Å². The maximum Gasteiger partial charge on any atom is 0.195 e. The molecule has 1 unspecified atom stereocenters. The predicted molar refractivity (Wildman–Crippen MR) is 71.1 cm³/mol. The maximum atomic E-state index is 13.9. The van der Waals surface area contributed by atoms with Crippen LogP contribution < -0.4 is 4.73 Å². The van der Waals surface area contributed by atoms with E-state index in [4.69, 9.17) is 0 Å². The number of hydrogen-bond donors (Lipinski definition) is 0. The molecule has 0 fully saturated rings. The summed E-state index contributed by atoms with van der Waals surface area (Å²) in [5, 5.41) is 11.8. The second-order valence-electron chi connectivity index (χ2n) is 5.24. The predicted octanol–water partition coefficient (Wildman–Crippen LogP) is 3.26. The second kappa shape index (κ2) is 5.19. The normalized spacial score (nSPS) is 18.4. The SMILES string of the molecule is [O-][n+]1cccc2c1CCCC(c1cccc(F)c1F)C2. The van der Waals surface area contributed by atoms with Gasteiger partial charge in [0.1, 0.15) is 0 Å². The molecule has 2 aromatic rings. The maximum absolute atomic E-state index is 13.9. The zero-order valence-corrected chi connectivity index (χ0v) is 11.0. The minimum Gasteiger partial charge on any atom is -0.618 e. The van der Waals surface area contributed by atoms with Crippen LogP contribution in [0, 0.1) is 16.8 Å². The lowest BCUT2D eigenvalue weighted by atomic mass is 9.90. The highest BCUT2D eigenvalue weighted by Crippen LogP contribution is 2.32. The fourth-order valence-electron chi connectivity index (χ4n) is 3.01. The zero-order valence-electron chi connectivity index (χ0n) is 11.0. The van der Waals surface area contributed by atoms with Crippen LogP contribution in [0.15, 0.2) is 36.5 Å². The number of benzene rings is 1. The van der Waals surface area contributed by atoms with E-state index < -0.39 is 11.6 Å². The molecule has 1 atom stereocenters. The van der Waals surface area contributed by atoms with Gasteiger partial charge in [-0.1, -0.05) is 12.1 Å². The summed E-state index contributed by atoms with van der Waals surface area (Å²) in [6, 6.07) is 7.92. The zero-order chi connectivity index (χ0) is 14.1. The fourth-order valence-corrected chi connectivity index (χ4v) is 3.01. The van der Waals surface area contributed by atoms with Gasteiger partial charge in [-0.25, -0.2) is 8.78 Å². The van der Waals surface area contributed by atoms with E-state index in [0.717, 1.165) is 34.9 Å². The van der Waals surface area contributed by atoms with E-state index in [1.54, 1.807) is 18.2 Å². The Morgan fingerprint density at radius 1 is 1.15 bits per heavy atom.